The second kappa shape index (κ2) is 14.8. The summed E-state index contributed by atoms with van der Waals surface area (Å²) in [6.07, 6.45) is 18.1. The van der Waals surface area contributed by atoms with Crippen molar-refractivity contribution in [1.29, 1.82) is 0 Å². The molecule has 0 N–H and O–H groups in total. The second-order valence-corrected chi connectivity index (χ2v) is 9.49. The van der Waals surface area contributed by atoms with Gasteiger partial charge in [-0.1, -0.05) is 70.4 Å². The minimum atomic E-state index is -0.692. The van der Waals surface area contributed by atoms with Crippen molar-refractivity contribution in [2.45, 2.75) is 90.4 Å². The molecule has 34 heavy (non-hydrogen) atoms. The van der Waals surface area contributed by atoms with Gasteiger partial charge in [-0.15, -0.1) is 0 Å². The van der Waals surface area contributed by atoms with Gasteiger partial charge in [-0.3, -0.25) is 0 Å². The molecule has 0 aromatic heterocycles. The Bertz CT molecular complexity index is 856. The van der Waals surface area contributed by atoms with Gasteiger partial charge >= 0.3 is 5.97 Å². The molecule has 0 saturated heterocycles. The molecule has 0 aliphatic heterocycles. The first kappa shape index (κ1) is 26.2. The molecule has 2 aromatic rings. The second-order valence-electron chi connectivity index (χ2n) is 9.49. The Labute approximate surface area is 205 Å². The number of ether oxygens (including phenoxy) is 2. The van der Waals surface area contributed by atoms with Gasteiger partial charge in [0.1, 0.15) is 17.3 Å². The summed E-state index contributed by atoms with van der Waals surface area (Å²) in [7, 11) is 0. The first-order valence-corrected chi connectivity index (χ1v) is 13.2. The Morgan fingerprint density at radius 2 is 1.59 bits per heavy atom. The fourth-order valence-corrected chi connectivity index (χ4v) is 4.54. The van der Waals surface area contributed by atoms with Crippen LogP contribution in [0.2, 0.25) is 0 Å². The van der Waals surface area contributed by atoms with Crippen molar-refractivity contribution in [3.63, 3.8) is 0 Å². The molecular weight excluding hydrogens is 427 g/mol. The van der Waals surface area contributed by atoms with Crippen molar-refractivity contribution in [3.05, 3.63) is 65.8 Å². The van der Waals surface area contributed by atoms with Crippen LogP contribution in [0.1, 0.15) is 99.9 Å². The van der Waals surface area contributed by atoms with Crippen LogP contribution in [0.4, 0.5) is 4.39 Å². The summed E-state index contributed by atoms with van der Waals surface area (Å²) in [4.78, 5) is 12.5. The van der Waals surface area contributed by atoms with E-state index >= 15 is 0 Å². The topological polar surface area (TPSA) is 35.5 Å². The van der Waals surface area contributed by atoms with Crippen LogP contribution in [0.3, 0.4) is 0 Å². The monoisotopic (exact) mass is 467 g/mol. The molecule has 3 rings (SSSR count). The van der Waals surface area contributed by atoms with Crippen LogP contribution in [0.15, 0.2) is 42.5 Å². The largest absolute Gasteiger partial charge is 0.493 e. The van der Waals surface area contributed by atoms with E-state index in [2.05, 4.69) is 13.3 Å². The summed E-state index contributed by atoms with van der Waals surface area (Å²) < 4.78 is 25.6. The lowest BCUT2D eigenvalue weighted by Gasteiger charge is -2.21. The first-order chi connectivity index (χ1) is 16.7. The van der Waals surface area contributed by atoms with E-state index in [4.69, 9.17) is 9.47 Å². The van der Waals surface area contributed by atoms with E-state index in [9.17, 15) is 9.18 Å². The molecule has 1 aliphatic rings. The molecule has 0 unspecified atom stereocenters. The fourth-order valence-electron chi connectivity index (χ4n) is 4.54. The van der Waals surface area contributed by atoms with E-state index < -0.39 is 11.8 Å². The summed E-state index contributed by atoms with van der Waals surface area (Å²) in [5.41, 5.74) is 1.16. The number of aryl methyl sites for hydroxylation is 1. The summed E-state index contributed by atoms with van der Waals surface area (Å²) in [6.45, 7) is 2.77. The molecule has 1 saturated carbocycles. The average molecular weight is 468 g/mol. The number of benzene rings is 2. The molecule has 0 atom stereocenters. The van der Waals surface area contributed by atoms with Gasteiger partial charge in [-0.05, 0) is 74.3 Å². The maximum Gasteiger partial charge on any atom is 0.346 e. The van der Waals surface area contributed by atoms with Crippen molar-refractivity contribution < 1.29 is 18.7 Å². The van der Waals surface area contributed by atoms with Crippen LogP contribution in [-0.2, 0) is 6.42 Å². The zero-order valence-corrected chi connectivity index (χ0v) is 20.7. The van der Waals surface area contributed by atoms with E-state index in [0.29, 0.717) is 18.1 Å². The highest BCUT2D eigenvalue weighted by atomic mass is 19.1. The maximum absolute atomic E-state index is 14.5. The lowest BCUT2D eigenvalue weighted by Crippen LogP contribution is -2.11. The van der Waals surface area contributed by atoms with Crippen LogP contribution in [0.25, 0.3) is 0 Å². The quantitative estimate of drug-likeness (QED) is 0.159. The highest BCUT2D eigenvalue weighted by Crippen LogP contribution is 2.27. The third-order valence-corrected chi connectivity index (χ3v) is 6.71. The number of esters is 1. The van der Waals surface area contributed by atoms with E-state index in [0.717, 1.165) is 25.2 Å². The van der Waals surface area contributed by atoms with Crippen LogP contribution < -0.4 is 9.47 Å². The lowest BCUT2D eigenvalue weighted by atomic mass is 9.85. The van der Waals surface area contributed by atoms with E-state index in [-0.39, 0.29) is 5.56 Å². The molecule has 3 nitrogen and oxygen atoms in total. The molecule has 0 bridgehead atoms. The smallest absolute Gasteiger partial charge is 0.346 e. The summed E-state index contributed by atoms with van der Waals surface area (Å²) in [5.74, 6) is 0.374. The molecule has 0 heterocycles. The van der Waals surface area contributed by atoms with Crippen molar-refractivity contribution in [2.75, 3.05) is 6.61 Å². The van der Waals surface area contributed by atoms with Crippen LogP contribution in [-0.4, -0.2) is 12.6 Å². The number of carbonyl (C=O) groups excluding carboxylic acids is 1. The Balaban J connectivity index is 1.40. The predicted molar refractivity (Wildman–Crippen MR) is 136 cm³/mol. The van der Waals surface area contributed by atoms with Crippen molar-refractivity contribution in [1.82, 2.24) is 0 Å². The molecular formula is C30H40FO3. The van der Waals surface area contributed by atoms with Crippen LogP contribution >= 0.6 is 0 Å². The van der Waals surface area contributed by atoms with Crippen molar-refractivity contribution in [3.8, 4) is 11.5 Å². The standard InChI is InChI=1S/C30H40FO3/c1-2-3-4-5-6-7-11-22-33-27-20-21-28(29(31)23-27)30(32)34-26-18-16-25(17-19-26)15-14-24-12-9-8-10-13-24/h8,16-21,23-24H,2-7,9-15,22H2,1H3. The highest BCUT2D eigenvalue weighted by molar-refractivity contribution is 5.91. The van der Waals surface area contributed by atoms with E-state index in [1.54, 1.807) is 18.2 Å². The zero-order chi connectivity index (χ0) is 24.0. The van der Waals surface area contributed by atoms with Gasteiger partial charge in [0.25, 0.3) is 0 Å². The Morgan fingerprint density at radius 3 is 2.29 bits per heavy atom. The number of halogens is 1. The molecule has 4 heteroatoms. The minimum Gasteiger partial charge on any atom is -0.493 e. The molecule has 1 fully saturated rings. The molecule has 1 aliphatic carbocycles. The van der Waals surface area contributed by atoms with E-state index in [1.165, 1.54) is 81.9 Å². The molecule has 1 radical (unpaired) electrons. The maximum atomic E-state index is 14.5. The summed E-state index contributed by atoms with van der Waals surface area (Å²) in [5, 5.41) is 0. The Morgan fingerprint density at radius 1 is 0.912 bits per heavy atom. The average Bonchev–Trinajstić information content (AvgIpc) is 2.86. The lowest BCUT2D eigenvalue weighted by molar-refractivity contribution is 0.0730. The molecule has 0 amide bonds. The third-order valence-electron chi connectivity index (χ3n) is 6.71. The van der Waals surface area contributed by atoms with Crippen LogP contribution in [0, 0.1) is 18.2 Å². The number of hydrogen-bond donors (Lipinski definition) is 0. The Hall–Kier alpha value is -2.36. The Kier molecular flexibility index (Phi) is 11.4. The number of carbonyl (C=O) groups is 1. The molecule has 0 spiro atoms. The summed E-state index contributed by atoms with van der Waals surface area (Å²) in [6, 6.07) is 11.9. The zero-order valence-electron chi connectivity index (χ0n) is 20.7. The first-order valence-electron chi connectivity index (χ1n) is 13.2. The normalized spacial score (nSPS) is 14.2. The third kappa shape index (κ3) is 9.12. The van der Waals surface area contributed by atoms with Gasteiger partial charge in [0.05, 0.1) is 12.2 Å². The van der Waals surface area contributed by atoms with Gasteiger partial charge < -0.3 is 9.47 Å². The van der Waals surface area contributed by atoms with Crippen LogP contribution in [0.5, 0.6) is 11.5 Å². The number of rotatable bonds is 14. The molecule has 185 valence electrons. The van der Waals surface area contributed by atoms with Gasteiger partial charge in [-0.2, -0.15) is 0 Å². The van der Waals surface area contributed by atoms with Crippen molar-refractivity contribution in [2.24, 2.45) is 5.92 Å². The number of unbranched alkanes of at least 4 members (excludes halogenated alkanes) is 6. The highest BCUT2D eigenvalue weighted by Gasteiger charge is 2.16. The number of hydrogen-bond acceptors (Lipinski definition) is 3. The van der Waals surface area contributed by atoms with Gasteiger partial charge in [-0.25, -0.2) is 9.18 Å². The SMILES string of the molecule is CCCCCCCCCOc1ccc(C(=O)Oc2ccc(CCC3CC[CH]CC3)cc2)c(F)c1. The predicted octanol–water partition coefficient (Wildman–Crippen LogP) is 8.50. The van der Waals surface area contributed by atoms with Gasteiger partial charge in [0.2, 0.25) is 0 Å². The van der Waals surface area contributed by atoms with Crippen molar-refractivity contribution >= 4 is 5.97 Å². The van der Waals surface area contributed by atoms with Gasteiger partial charge in [0.15, 0.2) is 0 Å². The van der Waals surface area contributed by atoms with E-state index in [1.807, 2.05) is 12.1 Å². The minimum absolute atomic E-state index is 0.0820. The molecule has 2 aromatic carbocycles. The van der Waals surface area contributed by atoms with Gasteiger partial charge in [0, 0.05) is 6.07 Å². The summed E-state index contributed by atoms with van der Waals surface area (Å²) >= 11 is 0. The fraction of sp³-hybridized carbons (Fsp3) is 0.533.